The Morgan fingerprint density at radius 1 is 1.38 bits per heavy atom. The van der Waals surface area contributed by atoms with Crippen LogP contribution < -0.4 is 0 Å². The summed E-state index contributed by atoms with van der Waals surface area (Å²) in [6.07, 6.45) is 5.66. The first-order chi connectivity index (χ1) is 6.13. The minimum absolute atomic E-state index is 0.0816. The van der Waals surface area contributed by atoms with Gasteiger partial charge in [0, 0.05) is 12.1 Å². The van der Waals surface area contributed by atoms with Crippen LogP contribution in [-0.4, -0.2) is 42.4 Å². The topological polar surface area (TPSA) is 37.1 Å². The van der Waals surface area contributed by atoms with Crippen LogP contribution in [0.1, 0.15) is 6.42 Å². The minimum Gasteiger partial charge on any atom is -0.282 e. The lowest BCUT2D eigenvalue weighted by molar-refractivity contribution is 0.422. The van der Waals surface area contributed by atoms with Crippen molar-refractivity contribution in [1.82, 2.24) is 4.90 Å². The summed E-state index contributed by atoms with van der Waals surface area (Å²) in [6, 6.07) is 0.946. The zero-order chi connectivity index (χ0) is 8.84. The van der Waals surface area contributed by atoms with Crippen LogP contribution in [0.25, 0.3) is 0 Å². The van der Waals surface area contributed by atoms with Gasteiger partial charge in [0.15, 0.2) is 9.84 Å². The molecule has 0 aromatic carbocycles. The Morgan fingerprint density at radius 3 is 3.08 bits per heavy atom. The molecule has 3 nitrogen and oxygen atoms in total. The molecular weight excluding hydrogens is 186 g/mol. The highest BCUT2D eigenvalue weighted by molar-refractivity contribution is 7.91. The maximum absolute atomic E-state index is 11.4. The molecule has 5 atom stereocenters. The number of sulfone groups is 1. The summed E-state index contributed by atoms with van der Waals surface area (Å²) >= 11 is 0. The molecule has 0 aromatic heterocycles. The van der Waals surface area contributed by atoms with Crippen molar-refractivity contribution in [2.24, 2.45) is 5.92 Å². The molecule has 2 bridgehead atoms. The number of fused-ring (bicyclic) bond motifs is 4. The lowest BCUT2D eigenvalue weighted by Crippen LogP contribution is -2.30. The Morgan fingerprint density at radius 2 is 2.23 bits per heavy atom. The first kappa shape index (κ1) is 7.01. The summed E-state index contributed by atoms with van der Waals surface area (Å²) in [5.74, 6) is 1.39. The van der Waals surface area contributed by atoms with E-state index in [-0.39, 0.29) is 5.54 Å². The van der Waals surface area contributed by atoms with Gasteiger partial charge in [-0.25, -0.2) is 8.42 Å². The number of rotatable bonds is 0. The third kappa shape index (κ3) is 0.569. The summed E-state index contributed by atoms with van der Waals surface area (Å²) in [7, 11) is -2.71. The highest BCUT2D eigenvalue weighted by Gasteiger charge is 2.78. The second-order valence-corrected chi connectivity index (χ2v) is 6.87. The summed E-state index contributed by atoms with van der Waals surface area (Å²) < 4.78 is 22.9. The van der Waals surface area contributed by atoms with Crippen molar-refractivity contribution in [2.75, 3.05) is 11.5 Å². The molecule has 13 heavy (non-hydrogen) atoms. The number of hydrogen-bond acceptors (Lipinski definition) is 3. The molecule has 4 heteroatoms. The average Bonchev–Trinajstić information content (AvgIpc) is 2.49. The van der Waals surface area contributed by atoms with Gasteiger partial charge in [0.25, 0.3) is 0 Å². The van der Waals surface area contributed by atoms with Crippen LogP contribution in [0.15, 0.2) is 12.2 Å². The maximum Gasteiger partial charge on any atom is 0.153 e. The van der Waals surface area contributed by atoms with Crippen molar-refractivity contribution in [3.05, 3.63) is 12.2 Å². The Kier molecular flexibility index (Phi) is 0.868. The van der Waals surface area contributed by atoms with Crippen molar-refractivity contribution in [2.45, 2.75) is 24.0 Å². The van der Waals surface area contributed by atoms with Gasteiger partial charge in [-0.05, 0) is 12.3 Å². The Bertz CT molecular complexity index is 427. The van der Waals surface area contributed by atoms with E-state index in [1.807, 2.05) is 0 Å². The van der Waals surface area contributed by atoms with Crippen LogP contribution in [0.3, 0.4) is 0 Å². The third-order valence-electron chi connectivity index (χ3n) is 4.25. The molecule has 0 saturated carbocycles. The van der Waals surface area contributed by atoms with Crippen LogP contribution in [0.4, 0.5) is 0 Å². The van der Waals surface area contributed by atoms with E-state index in [1.54, 1.807) is 0 Å². The van der Waals surface area contributed by atoms with E-state index >= 15 is 0 Å². The number of nitrogens with zero attached hydrogens (tertiary/aromatic N) is 1. The van der Waals surface area contributed by atoms with Gasteiger partial charge >= 0.3 is 0 Å². The van der Waals surface area contributed by atoms with Crippen LogP contribution in [-0.2, 0) is 9.84 Å². The largest absolute Gasteiger partial charge is 0.282 e. The fraction of sp³-hybridized carbons (Fsp3) is 0.778. The molecule has 1 aliphatic carbocycles. The van der Waals surface area contributed by atoms with E-state index in [2.05, 4.69) is 17.1 Å². The van der Waals surface area contributed by atoms with Crippen molar-refractivity contribution < 1.29 is 8.42 Å². The molecule has 4 unspecified atom stereocenters. The van der Waals surface area contributed by atoms with E-state index in [0.717, 1.165) is 0 Å². The fourth-order valence-corrected chi connectivity index (χ4v) is 6.13. The molecule has 0 radical (unpaired) electrons. The molecule has 3 aliphatic heterocycles. The number of hydrogen-bond donors (Lipinski definition) is 0. The zero-order valence-corrected chi connectivity index (χ0v) is 8.00. The Balaban J connectivity index is 1.86. The zero-order valence-electron chi connectivity index (χ0n) is 7.18. The van der Waals surface area contributed by atoms with Crippen molar-refractivity contribution >= 4 is 9.84 Å². The Hall–Kier alpha value is -0.350. The van der Waals surface area contributed by atoms with Crippen LogP contribution >= 0.6 is 0 Å². The maximum atomic E-state index is 11.4. The monoisotopic (exact) mass is 197 g/mol. The summed E-state index contributed by atoms with van der Waals surface area (Å²) in [6.45, 7) is 0. The van der Waals surface area contributed by atoms with Crippen LogP contribution in [0, 0.1) is 5.92 Å². The van der Waals surface area contributed by atoms with Gasteiger partial charge in [0.1, 0.15) is 0 Å². The van der Waals surface area contributed by atoms with Gasteiger partial charge in [-0.3, -0.25) is 4.90 Å². The van der Waals surface area contributed by atoms with Crippen LogP contribution in [0.2, 0.25) is 0 Å². The highest BCUT2D eigenvalue weighted by Crippen LogP contribution is 2.63. The predicted octanol–water partition coefficient (Wildman–Crippen LogP) is -0.204. The standard InChI is InChI=1S/C9H11NO2S/c11-13(12)4-8-9(5-13)6-1-2-7(3-6)10(8)9/h1-2,6-8H,3-5H2/t6?,7?,8?,9-,10?/m0/s1. The third-order valence-corrected chi connectivity index (χ3v) is 5.97. The summed E-state index contributed by atoms with van der Waals surface area (Å²) in [5, 5.41) is 0. The average molecular weight is 197 g/mol. The summed E-state index contributed by atoms with van der Waals surface area (Å²) in [5.41, 5.74) is 0.0816. The van der Waals surface area contributed by atoms with Crippen LogP contribution in [0.5, 0.6) is 0 Å². The lowest BCUT2D eigenvalue weighted by atomic mass is 9.91. The predicted molar refractivity (Wildman–Crippen MR) is 48.0 cm³/mol. The molecule has 3 saturated heterocycles. The van der Waals surface area contributed by atoms with Gasteiger partial charge in [0.2, 0.25) is 0 Å². The molecule has 0 amide bonds. The molecule has 4 aliphatic rings. The quantitative estimate of drug-likeness (QED) is 0.398. The molecule has 70 valence electrons. The van der Waals surface area contributed by atoms with Gasteiger partial charge < -0.3 is 0 Å². The number of piperidine rings is 1. The van der Waals surface area contributed by atoms with E-state index in [1.165, 1.54) is 6.42 Å². The summed E-state index contributed by atoms with van der Waals surface area (Å²) in [4.78, 5) is 2.43. The van der Waals surface area contributed by atoms with Gasteiger partial charge in [0.05, 0.1) is 17.0 Å². The minimum atomic E-state index is -2.71. The van der Waals surface area contributed by atoms with Gasteiger partial charge in [-0.2, -0.15) is 0 Å². The second kappa shape index (κ2) is 1.61. The van der Waals surface area contributed by atoms with E-state index in [0.29, 0.717) is 29.5 Å². The SMILES string of the molecule is O=S1(=O)CC2N3C4C=CC(C4)[C@@]23C1. The smallest absolute Gasteiger partial charge is 0.153 e. The molecule has 4 rings (SSSR count). The first-order valence-electron chi connectivity index (χ1n) is 4.81. The van der Waals surface area contributed by atoms with E-state index in [9.17, 15) is 8.42 Å². The lowest BCUT2D eigenvalue weighted by Gasteiger charge is -2.16. The molecule has 0 aromatic rings. The second-order valence-electron chi connectivity index (χ2n) is 4.76. The van der Waals surface area contributed by atoms with E-state index in [4.69, 9.17) is 0 Å². The molecule has 3 fully saturated rings. The molecule has 0 N–H and O–H groups in total. The molecule has 1 spiro atoms. The molecule has 3 heterocycles. The van der Waals surface area contributed by atoms with Crippen molar-refractivity contribution in [3.8, 4) is 0 Å². The molecular formula is C9H11NO2S. The first-order valence-corrected chi connectivity index (χ1v) is 6.63. The van der Waals surface area contributed by atoms with Crippen molar-refractivity contribution in [3.63, 3.8) is 0 Å². The van der Waals surface area contributed by atoms with Crippen molar-refractivity contribution in [1.29, 1.82) is 0 Å². The van der Waals surface area contributed by atoms with E-state index < -0.39 is 9.84 Å². The normalized spacial score (nSPS) is 63.7. The fourth-order valence-electron chi connectivity index (χ4n) is 3.82. The highest BCUT2D eigenvalue weighted by atomic mass is 32.2. The Labute approximate surface area is 77.3 Å². The van der Waals surface area contributed by atoms with Gasteiger partial charge in [-0.15, -0.1) is 0 Å². The van der Waals surface area contributed by atoms with Gasteiger partial charge in [-0.1, -0.05) is 12.2 Å².